The van der Waals surface area contributed by atoms with Crippen molar-refractivity contribution in [3.8, 4) is 11.5 Å². The number of aromatic hydroxyl groups is 2. The lowest BCUT2D eigenvalue weighted by molar-refractivity contribution is 0.311. The van der Waals surface area contributed by atoms with Gasteiger partial charge in [0, 0.05) is 5.38 Å². The summed E-state index contributed by atoms with van der Waals surface area (Å²) in [6, 6.07) is 5.11. The largest absolute Gasteiger partial charge is 0.504 e. The van der Waals surface area contributed by atoms with Gasteiger partial charge in [-0.15, -0.1) is 11.3 Å². The van der Waals surface area contributed by atoms with Crippen molar-refractivity contribution in [2.45, 2.75) is 45.1 Å². The summed E-state index contributed by atoms with van der Waals surface area (Å²) in [5.74, 6) is 1.42. The molecule has 1 aromatic heterocycles. The molecule has 0 radical (unpaired) electrons. The Morgan fingerprint density at radius 2 is 2.00 bits per heavy atom. The van der Waals surface area contributed by atoms with Crippen molar-refractivity contribution in [1.82, 2.24) is 4.68 Å². The minimum Gasteiger partial charge on any atom is -0.504 e. The number of benzene rings is 1. The number of hydrogen-bond acceptors (Lipinski definition) is 5. The standard InChI is InChI=1S/C19H23N3O2S/c1-12-11-25-19(21-16-6-3-13-2-5-15(16)8-13)22(12)20-10-14-4-7-17(23)18(24)9-14/h4,7,9-11,13,15-16,23-24H,2-3,5-6,8H2,1H3/b20-10+,21-19?. The zero-order valence-corrected chi connectivity index (χ0v) is 15.1. The van der Waals surface area contributed by atoms with E-state index in [-0.39, 0.29) is 11.5 Å². The van der Waals surface area contributed by atoms with Crippen molar-refractivity contribution in [2.75, 3.05) is 0 Å². The van der Waals surface area contributed by atoms with Gasteiger partial charge in [0.15, 0.2) is 11.5 Å². The second-order valence-electron chi connectivity index (χ2n) is 7.18. The Kier molecular flexibility index (Phi) is 4.37. The average molecular weight is 357 g/mol. The second-order valence-corrected chi connectivity index (χ2v) is 8.01. The van der Waals surface area contributed by atoms with Crippen molar-refractivity contribution < 1.29 is 10.2 Å². The molecule has 0 amide bonds. The second kappa shape index (κ2) is 6.67. The van der Waals surface area contributed by atoms with Crippen LogP contribution in [0.15, 0.2) is 33.7 Å². The van der Waals surface area contributed by atoms with Gasteiger partial charge in [-0.25, -0.2) is 4.68 Å². The Balaban J connectivity index is 1.62. The molecule has 1 aromatic carbocycles. The van der Waals surface area contributed by atoms with Crippen LogP contribution in [-0.2, 0) is 0 Å². The van der Waals surface area contributed by atoms with Crippen LogP contribution in [0.1, 0.15) is 43.4 Å². The minimum absolute atomic E-state index is 0.126. The average Bonchev–Trinajstić information content (AvgIpc) is 3.15. The van der Waals surface area contributed by atoms with Crippen LogP contribution < -0.4 is 4.80 Å². The highest BCUT2D eigenvalue weighted by atomic mass is 32.1. The maximum Gasteiger partial charge on any atom is 0.206 e. The van der Waals surface area contributed by atoms with E-state index in [0.717, 1.165) is 27.9 Å². The Morgan fingerprint density at radius 3 is 2.84 bits per heavy atom. The molecule has 3 unspecified atom stereocenters. The Hall–Kier alpha value is -2.08. The molecule has 4 rings (SSSR count). The van der Waals surface area contributed by atoms with Gasteiger partial charge in [0.2, 0.25) is 4.80 Å². The van der Waals surface area contributed by atoms with Crippen molar-refractivity contribution in [3.05, 3.63) is 39.6 Å². The highest BCUT2D eigenvalue weighted by molar-refractivity contribution is 7.07. The summed E-state index contributed by atoms with van der Waals surface area (Å²) in [6.07, 6.45) is 8.23. The van der Waals surface area contributed by atoms with Gasteiger partial charge in [0.25, 0.3) is 0 Å². The summed E-state index contributed by atoms with van der Waals surface area (Å²) < 4.78 is 1.87. The molecule has 0 saturated heterocycles. The topological polar surface area (TPSA) is 70.1 Å². The lowest BCUT2D eigenvalue weighted by atomic mass is 9.85. The lowest BCUT2D eigenvalue weighted by Gasteiger charge is -2.25. The number of nitrogens with zero attached hydrogens (tertiary/aromatic N) is 3. The maximum absolute atomic E-state index is 9.61. The zero-order valence-electron chi connectivity index (χ0n) is 14.3. The maximum atomic E-state index is 9.61. The van der Waals surface area contributed by atoms with Crippen LogP contribution in [0.5, 0.6) is 11.5 Å². The first kappa shape index (κ1) is 16.4. The van der Waals surface area contributed by atoms with Crippen LogP contribution in [0.2, 0.25) is 0 Å². The van der Waals surface area contributed by atoms with Gasteiger partial charge in [0.1, 0.15) is 0 Å². The van der Waals surface area contributed by atoms with E-state index in [0.29, 0.717) is 6.04 Å². The Labute approximate surface area is 151 Å². The van der Waals surface area contributed by atoms with Gasteiger partial charge < -0.3 is 10.2 Å². The zero-order chi connectivity index (χ0) is 17.4. The molecule has 2 aromatic rings. The third-order valence-corrected chi connectivity index (χ3v) is 6.39. The van der Waals surface area contributed by atoms with E-state index in [1.165, 1.54) is 44.2 Å². The Bertz CT molecular complexity index is 868. The summed E-state index contributed by atoms with van der Waals surface area (Å²) in [7, 11) is 0. The molecule has 25 heavy (non-hydrogen) atoms. The van der Waals surface area contributed by atoms with Gasteiger partial charge in [-0.2, -0.15) is 5.10 Å². The number of phenols is 2. The van der Waals surface area contributed by atoms with Gasteiger partial charge in [-0.3, -0.25) is 4.99 Å². The molecular weight excluding hydrogens is 334 g/mol. The number of fused-ring (bicyclic) bond motifs is 2. The van der Waals surface area contributed by atoms with Gasteiger partial charge in [0.05, 0.1) is 18.0 Å². The molecule has 2 N–H and O–H groups in total. The molecule has 1 heterocycles. The lowest BCUT2D eigenvalue weighted by Crippen LogP contribution is -2.25. The third kappa shape index (κ3) is 3.35. The third-order valence-electron chi connectivity index (χ3n) is 5.44. The van der Waals surface area contributed by atoms with E-state index in [4.69, 9.17) is 4.99 Å². The fourth-order valence-electron chi connectivity index (χ4n) is 4.04. The number of phenolic OH excluding ortho intramolecular Hbond substituents is 2. The quantitative estimate of drug-likeness (QED) is 0.650. The fourth-order valence-corrected chi connectivity index (χ4v) is 4.90. The molecule has 5 nitrogen and oxygen atoms in total. The summed E-state index contributed by atoms with van der Waals surface area (Å²) in [6.45, 7) is 2.02. The number of thiazole rings is 1. The molecule has 6 heteroatoms. The van der Waals surface area contributed by atoms with Crippen LogP contribution in [-0.4, -0.2) is 27.1 Å². The SMILES string of the molecule is Cc1csc(=NC2CCC3CCC2C3)n1/N=C/c1ccc(O)c(O)c1. The molecule has 2 saturated carbocycles. The first-order valence-electron chi connectivity index (χ1n) is 8.87. The molecule has 0 aliphatic heterocycles. The highest BCUT2D eigenvalue weighted by Gasteiger charge is 2.35. The number of aryl methyl sites for hydroxylation is 1. The molecule has 2 aliphatic carbocycles. The van der Waals surface area contributed by atoms with Gasteiger partial charge >= 0.3 is 0 Å². The molecule has 2 fully saturated rings. The molecule has 2 aliphatic rings. The summed E-state index contributed by atoms with van der Waals surface area (Å²) in [5, 5.41) is 25.6. The van der Waals surface area contributed by atoms with Crippen LogP contribution in [0.25, 0.3) is 0 Å². The number of rotatable bonds is 3. The van der Waals surface area contributed by atoms with Crippen LogP contribution in [0.4, 0.5) is 0 Å². The summed E-state index contributed by atoms with van der Waals surface area (Å²) in [5.41, 5.74) is 1.78. The summed E-state index contributed by atoms with van der Waals surface area (Å²) in [4.78, 5) is 5.98. The molecular formula is C19H23N3O2S. The smallest absolute Gasteiger partial charge is 0.206 e. The molecule has 0 spiro atoms. The van der Waals surface area contributed by atoms with Crippen LogP contribution >= 0.6 is 11.3 Å². The van der Waals surface area contributed by atoms with E-state index in [9.17, 15) is 10.2 Å². The predicted molar refractivity (Wildman–Crippen MR) is 99.2 cm³/mol. The monoisotopic (exact) mass is 357 g/mol. The van der Waals surface area contributed by atoms with Crippen molar-refractivity contribution in [3.63, 3.8) is 0 Å². The minimum atomic E-state index is -0.140. The molecule has 3 atom stereocenters. The molecule has 2 bridgehead atoms. The van der Waals surface area contributed by atoms with E-state index in [2.05, 4.69) is 10.5 Å². The van der Waals surface area contributed by atoms with Crippen molar-refractivity contribution in [2.24, 2.45) is 21.9 Å². The normalized spacial score (nSPS) is 26.6. The first-order valence-corrected chi connectivity index (χ1v) is 9.75. The number of aromatic nitrogens is 1. The fraction of sp³-hybridized carbons (Fsp3) is 0.474. The van der Waals surface area contributed by atoms with Crippen LogP contribution in [0.3, 0.4) is 0 Å². The summed E-state index contributed by atoms with van der Waals surface area (Å²) >= 11 is 1.63. The highest BCUT2D eigenvalue weighted by Crippen LogP contribution is 2.43. The van der Waals surface area contributed by atoms with E-state index in [1.54, 1.807) is 23.6 Å². The van der Waals surface area contributed by atoms with E-state index >= 15 is 0 Å². The first-order chi connectivity index (χ1) is 12.1. The molecule has 132 valence electrons. The predicted octanol–water partition coefficient (Wildman–Crippen LogP) is 3.63. The van der Waals surface area contributed by atoms with Crippen molar-refractivity contribution >= 4 is 17.6 Å². The van der Waals surface area contributed by atoms with Crippen LogP contribution in [0, 0.1) is 18.8 Å². The van der Waals surface area contributed by atoms with Gasteiger partial charge in [-0.1, -0.05) is 6.42 Å². The van der Waals surface area contributed by atoms with E-state index in [1.807, 2.05) is 11.6 Å². The van der Waals surface area contributed by atoms with Gasteiger partial charge in [-0.05, 0) is 68.2 Å². The van der Waals surface area contributed by atoms with Crippen molar-refractivity contribution in [1.29, 1.82) is 0 Å². The number of hydrogen-bond donors (Lipinski definition) is 2. The van der Waals surface area contributed by atoms with E-state index < -0.39 is 0 Å². The Morgan fingerprint density at radius 1 is 1.16 bits per heavy atom.